The largest absolute Gasteiger partial charge is 0.395 e. The van der Waals surface area contributed by atoms with E-state index in [-0.39, 0.29) is 0 Å². The van der Waals surface area contributed by atoms with Crippen molar-refractivity contribution in [1.29, 1.82) is 0 Å². The van der Waals surface area contributed by atoms with Crippen molar-refractivity contribution < 1.29 is 31.1 Å². The number of fused-ring (bicyclic) bond motifs is 1. The minimum atomic E-state index is -6.07. The number of hydrogen-bond donors (Lipinski definition) is 1. The van der Waals surface area contributed by atoms with Gasteiger partial charge in [0.25, 0.3) is 0 Å². The van der Waals surface area contributed by atoms with Crippen molar-refractivity contribution in [2.75, 3.05) is 5.32 Å². The molecule has 1 N–H and O–H groups in total. The van der Waals surface area contributed by atoms with E-state index in [1.54, 1.807) is 18.2 Å². The first kappa shape index (κ1) is 16.8. The van der Waals surface area contributed by atoms with Crippen LogP contribution >= 0.6 is 22.9 Å². The lowest BCUT2D eigenvalue weighted by Crippen LogP contribution is -2.57. The van der Waals surface area contributed by atoms with Gasteiger partial charge in [-0.1, -0.05) is 23.5 Å². The zero-order valence-electron chi connectivity index (χ0n) is 10.2. The number of nitrogens with zero attached hydrogens (tertiary/aromatic N) is 1. The summed E-state index contributed by atoms with van der Waals surface area (Å²) in [6.45, 7) is 0. The molecule has 0 unspecified atom stereocenters. The van der Waals surface area contributed by atoms with Crippen LogP contribution in [-0.2, 0) is 4.79 Å². The summed E-state index contributed by atoms with van der Waals surface area (Å²) in [5.41, 5.74) is 0.320. The highest BCUT2D eigenvalue weighted by atomic mass is 35.5. The van der Waals surface area contributed by atoms with Crippen LogP contribution in [0.15, 0.2) is 24.3 Å². The van der Waals surface area contributed by atoms with E-state index in [1.165, 1.54) is 11.4 Å². The molecule has 120 valence electrons. The second kappa shape index (κ2) is 5.27. The Labute approximate surface area is 127 Å². The minimum Gasteiger partial charge on any atom is -0.296 e. The summed E-state index contributed by atoms with van der Waals surface area (Å²) in [6, 6.07) is 6.21. The number of carbonyl (C=O) groups excluding carboxylic acids is 1. The fraction of sp³-hybridized carbons (Fsp3) is 0.273. The van der Waals surface area contributed by atoms with Crippen molar-refractivity contribution in [2.45, 2.75) is 17.2 Å². The van der Waals surface area contributed by atoms with E-state index in [1.807, 2.05) is 0 Å². The Hall–Kier alpha value is -1.55. The highest BCUT2D eigenvalue weighted by Crippen LogP contribution is 2.48. The zero-order chi connectivity index (χ0) is 16.8. The summed E-state index contributed by atoms with van der Waals surface area (Å²) in [4.78, 5) is 14.9. The molecule has 0 saturated carbocycles. The van der Waals surface area contributed by atoms with Crippen LogP contribution in [0.1, 0.15) is 0 Å². The van der Waals surface area contributed by atoms with Crippen LogP contribution in [0.3, 0.4) is 0 Å². The molecule has 1 aromatic heterocycles. The third-order valence-corrected chi connectivity index (χ3v) is 3.74. The summed E-state index contributed by atoms with van der Waals surface area (Å²) in [5, 5.41) is -4.63. The van der Waals surface area contributed by atoms with E-state index in [2.05, 4.69) is 16.6 Å². The van der Waals surface area contributed by atoms with E-state index < -0.39 is 28.3 Å². The third kappa shape index (κ3) is 2.72. The topological polar surface area (TPSA) is 42.0 Å². The van der Waals surface area contributed by atoms with E-state index in [0.29, 0.717) is 10.2 Å². The third-order valence-electron chi connectivity index (χ3n) is 2.55. The molecule has 3 nitrogen and oxygen atoms in total. The van der Waals surface area contributed by atoms with E-state index >= 15 is 0 Å². The van der Waals surface area contributed by atoms with Gasteiger partial charge >= 0.3 is 23.1 Å². The number of nitrogens with one attached hydrogen (secondary N) is 1. The molecule has 0 aliphatic heterocycles. The molecule has 0 bridgehead atoms. The standard InChI is InChI=1S/C11H5ClF6N2OS/c12-11(17,18)10(15,16)9(13,14)7(21)20-8-19-5-3-1-2-4-6(5)22-8/h1-4H,(H,19,20,21). The second-order valence-corrected chi connectivity index (χ2v) is 5.59. The first-order valence-electron chi connectivity index (χ1n) is 5.46. The van der Waals surface area contributed by atoms with Gasteiger partial charge in [0.2, 0.25) is 0 Å². The number of anilines is 1. The highest BCUT2D eigenvalue weighted by molar-refractivity contribution is 7.22. The average Bonchev–Trinajstić information content (AvgIpc) is 2.79. The summed E-state index contributed by atoms with van der Waals surface area (Å²) in [7, 11) is 0. The van der Waals surface area contributed by atoms with Crippen LogP contribution in [0, 0.1) is 0 Å². The number of thiazole rings is 1. The fourth-order valence-corrected chi connectivity index (χ4v) is 2.40. The molecule has 1 amide bonds. The second-order valence-electron chi connectivity index (χ2n) is 4.09. The molecule has 2 aromatic rings. The first-order chi connectivity index (χ1) is 9.97. The van der Waals surface area contributed by atoms with Gasteiger partial charge in [0, 0.05) is 0 Å². The smallest absolute Gasteiger partial charge is 0.296 e. The van der Waals surface area contributed by atoms with Gasteiger partial charge in [-0.2, -0.15) is 26.3 Å². The number of alkyl halides is 7. The first-order valence-corrected chi connectivity index (χ1v) is 6.65. The van der Waals surface area contributed by atoms with E-state index in [4.69, 9.17) is 0 Å². The molecule has 1 aromatic carbocycles. The van der Waals surface area contributed by atoms with Gasteiger partial charge < -0.3 is 0 Å². The normalized spacial score (nSPS) is 13.4. The van der Waals surface area contributed by atoms with Gasteiger partial charge in [0.1, 0.15) is 0 Å². The van der Waals surface area contributed by atoms with Crippen LogP contribution in [0.4, 0.5) is 31.5 Å². The maximum atomic E-state index is 13.3. The SMILES string of the molecule is O=C(Nc1nc2ccccc2s1)C(F)(F)C(F)(F)C(F)(F)Cl. The maximum absolute atomic E-state index is 13.3. The number of para-hydroxylation sites is 1. The number of rotatable bonds is 4. The van der Waals surface area contributed by atoms with Crippen molar-refractivity contribution >= 4 is 44.2 Å². The van der Waals surface area contributed by atoms with Gasteiger partial charge in [0.15, 0.2) is 5.13 Å². The Bertz CT molecular complexity index is 681. The molecular formula is C11H5ClF6N2OS. The molecule has 0 radical (unpaired) electrons. The van der Waals surface area contributed by atoms with Gasteiger partial charge in [-0.3, -0.25) is 10.1 Å². The predicted molar refractivity (Wildman–Crippen MR) is 68.9 cm³/mol. The number of halogens is 7. The maximum Gasteiger partial charge on any atom is 0.395 e. The molecule has 2 rings (SSSR count). The zero-order valence-corrected chi connectivity index (χ0v) is 11.8. The molecule has 0 saturated heterocycles. The summed E-state index contributed by atoms with van der Waals surface area (Å²) in [6.07, 6.45) is 0. The summed E-state index contributed by atoms with van der Waals surface area (Å²) in [5.74, 6) is -14.4. The lowest BCUT2D eigenvalue weighted by molar-refractivity contribution is -0.266. The Kier molecular flexibility index (Phi) is 4.03. The molecule has 22 heavy (non-hydrogen) atoms. The van der Waals surface area contributed by atoms with Crippen molar-refractivity contribution in [3.63, 3.8) is 0 Å². The quantitative estimate of drug-likeness (QED) is 0.649. The molecule has 0 fully saturated rings. The molecule has 0 spiro atoms. The van der Waals surface area contributed by atoms with Gasteiger partial charge in [-0.25, -0.2) is 4.98 Å². The van der Waals surface area contributed by atoms with Crippen LogP contribution in [0.25, 0.3) is 10.2 Å². The Balaban J connectivity index is 2.27. The van der Waals surface area contributed by atoms with Crippen molar-refractivity contribution in [3.8, 4) is 0 Å². The molecule has 11 heteroatoms. The van der Waals surface area contributed by atoms with Crippen molar-refractivity contribution in [3.05, 3.63) is 24.3 Å². The Morgan fingerprint density at radius 3 is 2.27 bits per heavy atom. The molecule has 0 aliphatic carbocycles. The Morgan fingerprint density at radius 2 is 1.73 bits per heavy atom. The lowest BCUT2D eigenvalue weighted by atomic mass is 10.1. The van der Waals surface area contributed by atoms with Gasteiger partial charge in [-0.05, 0) is 23.7 Å². The van der Waals surface area contributed by atoms with Gasteiger partial charge in [0.05, 0.1) is 10.2 Å². The van der Waals surface area contributed by atoms with Crippen LogP contribution in [-0.4, -0.2) is 28.1 Å². The molecule has 0 aliphatic rings. The number of benzene rings is 1. The Morgan fingerprint density at radius 1 is 1.14 bits per heavy atom. The number of hydrogen-bond acceptors (Lipinski definition) is 3. The summed E-state index contributed by atoms with van der Waals surface area (Å²) < 4.78 is 77.8. The number of carbonyl (C=O) groups is 1. The van der Waals surface area contributed by atoms with E-state index in [9.17, 15) is 31.1 Å². The van der Waals surface area contributed by atoms with E-state index in [0.717, 1.165) is 11.3 Å². The average molecular weight is 363 g/mol. The molecule has 1 heterocycles. The predicted octanol–water partition coefficient (Wildman–Crippen LogP) is 4.34. The van der Waals surface area contributed by atoms with Crippen molar-refractivity contribution in [1.82, 2.24) is 4.98 Å². The number of aromatic nitrogens is 1. The van der Waals surface area contributed by atoms with Crippen LogP contribution in [0.2, 0.25) is 0 Å². The van der Waals surface area contributed by atoms with Crippen molar-refractivity contribution in [2.24, 2.45) is 0 Å². The van der Waals surface area contributed by atoms with Crippen LogP contribution in [0.5, 0.6) is 0 Å². The van der Waals surface area contributed by atoms with Gasteiger partial charge in [-0.15, -0.1) is 0 Å². The molecular weight excluding hydrogens is 358 g/mol. The fourth-order valence-electron chi connectivity index (χ4n) is 1.42. The lowest BCUT2D eigenvalue weighted by Gasteiger charge is -2.27. The van der Waals surface area contributed by atoms with Crippen LogP contribution < -0.4 is 5.32 Å². The minimum absolute atomic E-state index is 0.320. The number of amides is 1. The highest BCUT2D eigenvalue weighted by Gasteiger charge is 2.74. The monoisotopic (exact) mass is 362 g/mol. The summed E-state index contributed by atoms with van der Waals surface area (Å²) >= 11 is 4.68. The molecule has 0 atom stereocenters.